The standard InChI is InChI=1S/C13H25NO3/c1-2-17-13(16)7-8-14-9-11-5-3-4-6-12(11)10-15/h11-12,14-15H,2-10H2,1H3. The molecule has 0 amide bonds. The molecular weight excluding hydrogens is 218 g/mol. The van der Waals surface area contributed by atoms with Gasteiger partial charge in [-0.3, -0.25) is 4.79 Å². The summed E-state index contributed by atoms with van der Waals surface area (Å²) < 4.78 is 4.86. The van der Waals surface area contributed by atoms with Crippen LogP contribution in [0.2, 0.25) is 0 Å². The molecule has 2 N–H and O–H groups in total. The van der Waals surface area contributed by atoms with Crippen molar-refractivity contribution in [3.8, 4) is 0 Å². The van der Waals surface area contributed by atoms with E-state index in [0.29, 0.717) is 38.0 Å². The lowest BCUT2D eigenvalue weighted by atomic mass is 9.79. The smallest absolute Gasteiger partial charge is 0.307 e. The van der Waals surface area contributed by atoms with E-state index in [9.17, 15) is 9.90 Å². The van der Waals surface area contributed by atoms with Gasteiger partial charge in [-0.25, -0.2) is 0 Å². The molecule has 17 heavy (non-hydrogen) atoms. The molecule has 0 aromatic rings. The van der Waals surface area contributed by atoms with Crippen molar-refractivity contribution < 1.29 is 14.6 Å². The van der Waals surface area contributed by atoms with Gasteiger partial charge < -0.3 is 15.2 Å². The minimum atomic E-state index is -0.137. The third kappa shape index (κ3) is 5.50. The highest BCUT2D eigenvalue weighted by Gasteiger charge is 2.23. The highest BCUT2D eigenvalue weighted by Crippen LogP contribution is 2.28. The fourth-order valence-corrected chi connectivity index (χ4v) is 2.50. The van der Waals surface area contributed by atoms with E-state index in [1.807, 2.05) is 6.92 Å². The first-order chi connectivity index (χ1) is 8.27. The van der Waals surface area contributed by atoms with Crippen LogP contribution in [0.25, 0.3) is 0 Å². The Balaban J connectivity index is 2.10. The summed E-state index contributed by atoms with van der Waals surface area (Å²) in [5.74, 6) is 0.872. The van der Waals surface area contributed by atoms with Gasteiger partial charge in [-0.15, -0.1) is 0 Å². The molecule has 2 unspecified atom stereocenters. The zero-order chi connectivity index (χ0) is 12.5. The van der Waals surface area contributed by atoms with E-state index in [0.717, 1.165) is 13.0 Å². The van der Waals surface area contributed by atoms with Crippen molar-refractivity contribution in [1.82, 2.24) is 5.32 Å². The molecular formula is C13H25NO3. The third-order valence-corrected chi connectivity index (χ3v) is 3.52. The molecule has 0 aliphatic heterocycles. The maximum absolute atomic E-state index is 11.1. The van der Waals surface area contributed by atoms with Crippen molar-refractivity contribution in [1.29, 1.82) is 0 Å². The Morgan fingerprint density at radius 1 is 1.35 bits per heavy atom. The van der Waals surface area contributed by atoms with Crippen LogP contribution in [0.4, 0.5) is 0 Å². The van der Waals surface area contributed by atoms with E-state index < -0.39 is 0 Å². The van der Waals surface area contributed by atoms with E-state index in [-0.39, 0.29) is 5.97 Å². The molecule has 0 radical (unpaired) electrons. The van der Waals surface area contributed by atoms with Gasteiger partial charge in [0.1, 0.15) is 0 Å². The van der Waals surface area contributed by atoms with E-state index in [4.69, 9.17) is 4.74 Å². The first kappa shape index (κ1) is 14.5. The van der Waals surface area contributed by atoms with Gasteiger partial charge in [-0.2, -0.15) is 0 Å². The Kier molecular flexibility index (Phi) is 7.21. The number of rotatable bonds is 7. The molecule has 1 aliphatic carbocycles. The van der Waals surface area contributed by atoms with Gasteiger partial charge in [-0.1, -0.05) is 12.8 Å². The van der Waals surface area contributed by atoms with Gasteiger partial charge in [0, 0.05) is 13.2 Å². The molecule has 4 nitrogen and oxygen atoms in total. The van der Waals surface area contributed by atoms with Crippen LogP contribution in [0.3, 0.4) is 0 Å². The number of carbonyl (C=O) groups is 1. The Labute approximate surface area is 104 Å². The van der Waals surface area contributed by atoms with Crippen LogP contribution in [0.1, 0.15) is 39.0 Å². The average molecular weight is 243 g/mol. The number of hydrogen-bond donors (Lipinski definition) is 2. The number of aliphatic hydroxyl groups is 1. The van der Waals surface area contributed by atoms with Gasteiger partial charge in [0.25, 0.3) is 0 Å². The lowest BCUT2D eigenvalue weighted by molar-refractivity contribution is -0.142. The largest absolute Gasteiger partial charge is 0.466 e. The number of aliphatic hydroxyl groups excluding tert-OH is 1. The molecule has 0 bridgehead atoms. The highest BCUT2D eigenvalue weighted by molar-refractivity contribution is 5.69. The Morgan fingerprint density at radius 2 is 2.06 bits per heavy atom. The zero-order valence-corrected chi connectivity index (χ0v) is 10.8. The van der Waals surface area contributed by atoms with Crippen LogP contribution >= 0.6 is 0 Å². The Morgan fingerprint density at radius 3 is 2.71 bits per heavy atom. The zero-order valence-electron chi connectivity index (χ0n) is 10.8. The second kappa shape index (κ2) is 8.48. The lowest BCUT2D eigenvalue weighted by Gasteiger charge is -2.30. The number of hydrogen-bond acceptors (Lipinski definition) is 4. The molecule has 1 fully saturated rings. The van der Waals surface area contributed by atoms with Crippen molar-refractivity contribution in [3.05, 3.63) is 0 Å². The van der Waals surface area contributed by atoms with Crippen molar-refractivity contribution in [2.75, 3.05) is 26.3 Å². The maximum atomic E-state index is 11.1. The molecule has 0 aromatic heterocycles. The molecule has 4 heteroatoms. The number of carbonyl (C=O) groups excluding carboxylic acids is 1. The van der Waals surface area contributed by atoms with Crippen LogP contribution < -0.4 is 5.32 Å². The molecule has 1 saturated carbocycles. The summed E-state index contributed by atoms with van der Waals surface area (Å²) in [6, 6.07) is 0. The summed E-state index contributed by atoms with van der Waals surface area (Å²) in [7, 11) is 0. The van der Waals surface area contributed by atoms with E-state index >= 15 is 0 Å². The minimum absolute atomic E-state index is 0.137. The molecule has 0 heterocycles. The number of ether oxygens (including phenoxy) is 1. The molecule has 100 valence electrons. The first-order valence-electron chi connectivity index (χ1n) is 6.75. The lowest BCUT2D eigenvalue weighted by Crippen LogP contribution is -2.33. The minimum Gasteiger partial charge on any atom is -0.466 e. The van der Waals surface area contributed by atoms with E-state index in [1.54, 1.807) is 0 Å². The van der Waals surface area contributed by atoms with Crippen LogP contribution in [0.5, 0.6) is 0 Å². The summed E-state index contributed by atoms with van der Waals surface area (Å²) in [6.45, 7) is 4.15. The van der Waals surface area contributed by atoms with Gasteiger partial charge >= 0.3 is 5.97 Å². The predicted octanol–water partition coefficient (Wildman–Crippen LogP) is 1.33. The quantitative estimate of drug-likeness (QED) is 0.523. The molecule has 0 saturated heterocycles. The average Bonchev–Trinajstić information content (AvgIpc) is 2.35. The predicted molar refractivity (Wildman–Crippen MR) is 66.7 cm³/mol. The molecule has 0 aromatic carbocycles. The highest BCUT2D eigenvalue weighted by atomic mass is 16.5. The molecule has 1 rings (SSSR count). The fourth-order valence-electron chi connectivity index (χ4n) is 2.50. The summed E-state index contributed by atoms with van der Waals surface area (Å²) in [5, 5.41) is 12.6. The molecule has 1 aliphatic rings. The maximum Gasteiger partial charge on any atom is 0.307 e. The number of esters is 1. The SMILES string of the molecule is CCOC(=O)CCNCC1CCCCC1CO. The normalized spacial score (nSPS) is 24.6. The van der Waals surface area contributed by atoms with Gasteiger partial charge in [0.15, 0.2) is 0 Å². The Bertz CT molecular complexity index is 221. The summed E-state index contributed by atoms with van der Waals surface area (Å²) in [6.07, 6.45) is 5.27. The summed E-state index contributed by atoms with van der Waals surface area (Å²) >= 11 is 0. The Hall–Kier alpha value is -0.610. The topological polar surface area (TPSA) is 58.6 Å². The van der Waals surface area contributed by atoms with Crippen LogP contribution in [0, 0.1) is 11.8 Å². The van der Waals surface area contributed by atoms with E-state index in [1.165, 1.54) is 19.3 Å². The monoisotopic (exact) mass is 243 g/mol. The van der Waals surface area contributed by atoms with Crippen LogP contribution in [-0.4, -0.2) is 37.4 Å². The van der Waals surface area contributed by atoms with Crippen molar-refractivity contribution in [3.63, 3.8) is 0 Å². The van der Waals surface area contributed by atoms with E-state index in [2.05, 4.69) is 5.32 Å². The van der Waals surface area contributed by atoms with Gasteiger partial charge in [0.05, 0.1) is 13.0 Å². The molecule has 2 atom stereocenters. The van der Waals surface area contributed by atoms with Crippen molar-refractivity contribution in [2.45, 2.75) is 39.0 Å². The first-order valence-corrected chi connectivity index (χ1v) is 6.75. The number of nitrogens with one attached hydrogen (secondary N) is 1. The van der Waals surface area contributed by atoms with Crippen LogP contribution in [0.15, 0.2) is 0 Å². The second-order valence-corrected chi connectivity index (χ2v) is 4.75. The molecule has 0 spiro atoms. The summed E-state index contributed by atoms with van der Waals surface area (Å²) in [5.41, 5.74) is 0. The second-order valence-electron chi connectivity index (χ2n) is 4.75. The van der Waals surface area contributed by atoms with Crippen molar-refractivity contribution >= 4 is 5.97 Å². The van der Waals surface area contributed by atoms with Crippen LogP contribution in [-0.2, 0) is 9.53 Å². The summed E-state index contributed by atoms with van der Waals surface area (Å²) in [4.78, 5) is 11.1. The fraction of sp³-hybridized carbons (Fsp3) is 0.923. The van der Waals surface area contributed by atoms with Gasteiger partial charge in [0.2, 0.25) is 0 Å². The third-order valence-electron chi connectivity index (χ3n) is 3.52. The van der Waals surface area contributed by atoms with Gasteiger partial charge in [-0.05, 0) is 38.1 Å². The van der Waals surface area contributed by atoms with Crippen molar-refractivity contribution in [2.24, 2.45) is 11.8 Å².